The highest BCUT2D eigenvalue weighted by atomic mass is 32.2. The van der Waals surface area contributed by atoms with E-state index in [1.165, 1.54) is 0 Å². The highest BCUT2D eigenvalue weighted by Gasteiger charge is 2.10. The molecule has 0 fully saturated rings. The van der Waals surface area contributed by atoms with Gasteiger partial charge in [-0.15, -0.1) is 5.10 Å². The topological polar surface area (TPSA) is 63.8 Å². The molecule has 1 unspecified atom stereocenters. The lowest BCUT2D eigenvalue weighted by atomic mass is 10.2. The molecule has 2 rings (SSSR count). The first-order chi connectivity index (χ1) is 8.70. The van der Waals surface area contributed by atoms with E-state index in [0.29, 0.717) is 5.92 Å². The molecule has 1 heterocycles. The minimum Gasteiger partial charge on any atom is -0.508 e. The van der Waals surface area contributed by atoms with E-state index in [4.69, 9.17) is 0 Å². The number of hydrogen-bond donors (Lipinski definition) is 1. The zero-order valence-electron chi connectivity index (χ0n) is 10.4. The number of phenols is 1. The first-order valence-electron chi connectivity index (χ1n) is 5.91. The molecule has 0 aliphatic carbocycles. The van der Waals surface area contributed by atoms with E-state index in [2.05, 4.69) is 29.4 Å². The van der Waals surface area contributed by atoms with Crippen molar-refractivity contribution in [2.75, 3.05) is 5.75 Å². The number of rotatable bonds is 5. The molecule has 0 bridgehead atoms. The molecule has 0 saturated carbocycles. The largest absolute Gasteiger partial charge is 0.508 e. The monoisotopic (exact) mass is 264 g/mol. The van der Waals surface area contributed by atoms with Crippen molar-refractivity contribution in [3.8, 4) is 11.4 Å². The van der Waals surface area contributed by atoms with E-state index in [9.17, 15) is 5.11 Å². The Labute approximate surface area is 110 Å². The maximum atomic E-state index is 9.27. The van der Waals surface area contributed by atoms with Crippen LogP contribution in [0.5, 0.6) is 5.75 Å². The molecule has 0 radical (unpaired) electrons. The summed E-state index contributed by atoms with van der Waals surface area (Å²) in [6.07, 6.45) is 1.15. The van der Waals surface area contributed by atoms with Crippen LogP contribution in [-0.4, -0.2) is 31.1 Å². The summed E-state index contributed by atoms with van der Waals surface area (Å²) in [4.78, 5) is 0. The average Bonchev–Trinajstić information content (AvgIpc) is 2.85. The van der Waals surface area contributed by atoms with Gasteiger partial charge in [-0.25, -0.2) is 0 Å². The predicted molar refractivity (Wildman–Crippen MR) is 71.0 cm³/mol. The summed E-state index contributed by atoms with van der Waals surface area (Å²) in [5.74, 6) is 1.87. The predicted octanol–water partition coefficient (Wildman–Crippen LogP) is 2.51. The van der Waals surface area contributed by atoms with Crippen LogP contribution >= 0.6 is 11.8 Å². The Balaban J connectivity index is 2.14. The number of thioether (sulfide) groups is 1. The summed E-state index contributed by atoms with van der Waals surface area (Å²) in [6.45, 7) is 4.38. The molecule has 0 saturated heterocycles. The number of phenolic OH excluding ortho intramolecular Hbond substituents is 1. The summed E-state index contributed by atoms with van der Waals surface area (Å²) < 4.78 is 1.69. The van der Waals surface area contributed by atoms with Crippen LogP contribution in [0.2, 0.25) is 0 Å². The second-order valence-electron chi connectivity index (χ2n) is 4.21. The zero-order valence-corrected chi connectivity index (χ0v) is 11.3. The highest BCUT2D eigenvalue weighted by Crippen LogP contribution is 2.22. The van der Waals surface area contributed by atoms with Gasteiger partial charge in [-0.05, 0) is 40.6 Å². The van der Waals surface area contributed by atoms with Crippen molar-refractivity contribution < 1.29 is 5.11 Å². The van der Waals surface area contributed by atoms with Crippen molar-refractivity contribution in [2.45, 2.75) is 25.4 Å². The number of nitrogens with zero attached hydrogens (tertiary/aromatic N) is 4. The van der Waals surface area contributed by atoms with Crippen LogP contribution in [0.1, 0.15) is 20.3 Å². The fraction of sp³-hybridized carbons (Fsp3) is 0.417. The molecule has 0 aliphatic rings. The third kappa shape index (κ3) is 3.01. The summed E-state index contributed by atoms with van der Waals surface area (Å²) in [5.41, 5.74) is 0.851. The smallest absolute Gasteiger partial charge is 0.214 e. The Hall–Kier alpha value is -1.56. The van der Waals surface area contributed by atoms with E-state index >= 15 is 0 Å². The molecular formula is C12H16N4OS. The lowest BCUT2D eigenvalue weighted by Crippen LogP contribution is -2.01. The van der Waals surface area contributed by atoms with Gasteiger partial charge in [0.05, 0.1) is 5.69 Å². The summed E-state index contributed by atoms with van der Waals surface area (Å²) in [5, 5.41) is 21.7. The second kappa shape index (κ2) is 5.86. The van der Waals surface area contributed by atoms with E-state index in [1.54, 1.807) is 40.7 Å². The summed E-state index contributed by atoms with van der Waals surface area (Å²) >= 11 is 1.65. The molecule has 18 heavy (non-hydrogen) atoms. The standard InChI is InChI=1S/C12H16N4OS/c1-3-9(2)8-18-12-13-14-15-16(12)10-4-6-11(17)7-5-10/h4-7,9,17H,3,8H2,1-2H3. The van der Waals surface area contributed by atoms with Gasteiger partial charge < -0.3 is 5.11 Å². The average molecular weight is 264 g/mol. The third-order valence-electron chi connectivity index (χ3n) is 2.73. The molecular weight excluding hydrogens is 248 g/mol. The number of tetrazole rings is 1. The van der Waals surface area contributed by atoms with Gasteiger partial charge in [-0.2, -0.15) is 4.68 Å². The van der Waals surface area contributed by atoms with Gasteiger partial charge in [0, 0.05) is 5.75 Å². The van der Waals surface area contributed by atoms with E-state index < -0.39 is 0 Å². The van der Waals surface area contributed by atoms with Gasteiger partial charge in [0.1, 0.15) is 5.75 Å². The number of hydrogen-bond acceptors (Lipinski definition) is 5. The molecule has 0 amide bonds. The first-order valence-corrected chi connectivity index (χ1v) is 6.90. The molecule has 5 nitrogen and oxygen atoms in total. The van der Waals surface area contributed by atoms with Crippen LogP contribution in [0, 0.1) is 5.92 Å². The molecule has 2 aromatic rings. The van der Waals surface area contributed by atoms with Gasteiger partial charge in [0.25, 0.3) is 0 Å². The van der Waals surface area contributed by atoms with Gasteiger partial charge in [-0.3, -0.25) is 0 Å². The maximum Gasteiger partial charge on any atom is 0.214 e. The van der Waals surface area contributed by atoms with Crippen molar-refractivity contribution in [1.29, 1.82) is 0 Å². The third-order valence-corrected chi connectivity index (χ3v) is 3.98. The second-order valence-corrected chi connectivity index (χ2v) is 5.20. The van der Waals surface area contributed by atoms with Crippen molar-refractivity contribution >= 4 is 11.8 Å². The Morgan fingerprint density at radius 1 is 1.33 bits per heavy atom. The Morgan fingerprint density at radius 3 is 2.72 bits per heavy atom. The fourth-order valence-corrected chi connectivity index (χ4v) is 2.39. The minimum absolute atomic E-state index is 0.237. The SMILES string of the molecule is CCC(C)CSc1nnnn1-c1ccc(O)cc1. The maximum absolute atomic E-state index is 9.27. The van der Waals surface area contributed by atoms with Crippen LogP contribution in [0.25, 0.3) is 5.69 Å². The number of aromatic nitrogens is 4. The first kappa shape index (κ1) is 12.9. The van der Waals surface area contributed by atoms with Crippen LogP contribution in [0.15, 0.2) is 29.4 Å². The minimum atomic E-state index is 0.237. The van der Waals surface area contributed by atoms with E-state index in [1.807, 2.05) is 0 Å². The number of benzene rings is 1. The van der Waals surface area contributed by atoms with Crippen LogP contribution in [-0.2, 0) is 0 Å². The van der Waals surface area contributed by atoms with E-state index in [0.717, 1.165) is 23.0 Å². The van der Waals surface area contributed by atoms with Crippen molar-refractivity contribution in [3.05, 3.63) is 24.3 Å². The Bertz CT molecular complexity index is 497. The molecule has 1 N–H and O–H groups in total. The van der Waals surface area contributed by atoms with Gasteiger partial charge in [0.2, 0.25) is 5.16 Å². The molecule has 0 aliphatic heterocycles. The highest BCUT2D eigenvalue weighted by molar-refractivity contribution is 7.99. The fourth-order valence-electron chi connectivity index (χ4n) is 1.36. The summed E-state index contributed by atoms with van der Waals surface area (Å²) in [7, 11) is 0. The lowest BCUT2D eigenvalue weighted by Gasteiger charge is -2.07. The molecule has 1 atom stereocenters. The lowest BCUT2D eigenvalue weighted by molar-refractivity contribution is 0.475. The Kier molecular flexibility index (Phi) is 4.19. The molecule has 6 heteroatoms. The van der Waals surface area contributed by atoms with Gasteiger partial charge in [0.15, 0.2) is 0 Å². The van der Waals surface area contributed by atoms with Gasteiger partial charge >= 0.3 is 0 Å². The molecule has 0 spiro atoms. The zero-order chi connectivity index (χ0) is 13.0. The Morgan fingerprint density at radius 2 is 2.06 bits per heavy atom. The van der Waals surface area contributed by atoms with Crippen molar-refractivity contribution in [1.82, 2.24) is 20.2 Å². The number of aromatic hydroxyl groups is 1. The van der Waals surface area contributed by atoms with Crippen LogP contribution in [0.4, 0.5) is 0 Å². The van der Waals surface area contributed by atoms with Crippen molar-refractivity contribution in [3.63, 3.8) is 0 Å². The molecule has 96 valence electrons. The van der Waals surface area contributed by atoms with Crippen LogP contribution < -0.4 is 0 Å². The normalized spacial score (nSPS) is 12.6. The quantitative estimate of drug-likeness (QED) is 0.841. The molecule has 1 aromatic carbocycles. The molecule has 1 aromatic heterocycles. The van der Waals surface area contributed by atoms with Gasteiger partial charge in [-0.1, -0.05) is 32.0 Å². The van der Waals surface area contributed by atoms with Crippen molar-refractivity contribution in [2.24, 2.45) is 5.92 Å². The van der Waals surface area contributed by atoms with E-state index in [-0.39, 0.29) is 5.75 Å². The summed E-state index contributed by atoms with van der Waals surface area (Å²) in [6, 6.07) is 6.83. The van der Waals surface area contributed by atoms with Crippen LogP contribution in [0.3, 0.4) is 0 Å².